The average molecular weight is 446 g/mol. The van der Waals surface area contributed by atoms with Crippen LogP contribution < -0.4 is 20.7 Å². The van der Waals surface area contributed by atoms with Crippen LogP contribution in [0.3, 0.4) is 0 Å². The van der Waals surface area contributed by atoms with Gasteiger partial charge in [-0.25, -0.2) is 0 Å². The summed E-state index contributed by atoms with van der Waals surface area (Å²) in [5.41, 5.74) is 3.34. The minimum atomic E-state index is -0.158. The topological polar surface area (TPSA) is 79.5 Å². The second-order valence-corrected chi connectivity index (χ2v) is 8.24. The highest BCUT2D eigenvalue weighted by atomic mass is 16.5. The summed E-state index contributed by atoms with van der Waals surface area (Å²) in [6.07, 6.45) is 1.11. The van der Waals surface area contributed by atoms with E-state index in [-0.39, 0.29) is 18.4 Å². The van der Waals surface area contributed by atoms with E-state index in [1.807, 2.05) is 54.6 Å². The molecule has 6 heteroatoms. The van der Waals surface area contributed by atoms with Crippen molar-refractivity contribution in [2.75, 3.05) is 29.1 Å². The maximum atomic E-state index is 12.2. The molecule has 0 saturated heterocycles. The molecule has 172 valence electrons. The van der Waals surface area contributed by atoms with Crippen LogP contribution >= 0.6 is 0 Å². The van der Waals surface area contributed by atoms with Crippen molar-refractivity contribution in [3.8, 4) is 5.75 Å². The Morgan fingerprint density at radius 3 is 1.94 bits per heavy atom. The van der Waals surface area contributed by atoms with Gasteiger partial charge in [-0.15, -0.1) is 0 Å². The van der Waals surface area contributed by atoms with E-state index in [0.717, 1.165) is 17.0 Å². The van der Waals surface area contributed by atoms with Gasteiger partial charge in [0.05, 0.1) is 13.2 Å². The molecular formula is C27H31N3O3. The van der Waals surface area contributed by atoms with Gasteiger partial charge in [-0.3, -0.25) is 9.59 Å². The van der Waals surface area contributed by atoms with E-state index in [1.165, 1.54) is 0 Å². The Morgan fingerprint density at radius 1 is 0.758 bits per heavy atom. The van der Waals surface area contributed by atoms with Crippen molar-refractivity contribution in [2.24, 2.45) is 5.92 Å². The number of benzene rings is 3. The summed E-state index contributed by atoms with van der Waals surface area (Å²) in [5, 5.41) is 8.83. The molecule has 0 heterocycles. The first-order chi connectivity index (χ1) is 16.0. The minimum absolute atomic E-state index is 0.0412. The number of rotatable bonds is 11. The molecule has 3 aromatic rings. The first-order valence-corrected chi connectivity index (χ1v) is 11.2. The molecule has 0 atom stereocenters. The van der Waals surface area contributed by atoms with Crippen molar-refractivity contribution in [3.63, 3.8) is 0 Å². The molecule has 0 aliphatic heterocycles. The van der Waals surface area contributed by atoms with Crippen molar-refractivity contribution in [2.45, 2.75) is 26.7 Å². The molecule has 0 aromatic heterocycles. The number of carbonyl (C=O) groups excluding carboxylic acids is 2. The van der Waals surface area contributed by atoms with E-state index in [1.54, 1.807) is 24.3 Å². The summed E-state index contributed by atoms with van der Waals surface area (Å²) in [5.74, 6) is 1.08. The number of anilines is 3. The van der Waals surface area contributed by atoms with Crippen LogP contribution in [0.1, 0.15) is 25.8 Å². The first kappa shape index (κ1) is 23.9. The predicted octanol–water partition coefficient (Wildman–Crippen LogP) is 5.34. The summed E-state index contributed by atoms with van der Waals surface area (Å²) in [6.45, 7) is 5.02. The molecule has 33 heavy (non-hydrogen) atoms. The fourth-order valence-corrected chi connectivity index (χ4v) is 3.08. The van der Waals surface area contributed by atoms with Gasteiger partial charge in [0, 0.05) is 23.5 Å². The molecule has 3 rings (SSSR count). The monoisotopic (exact) mass is 445 g/mol. The zero-order valence-corrected chi connectivity index (χ0v) is 19.1. The maximum absolute atomic E-state index is 12.2. The van der Waals surface area contributed by atoms with Crippen LogP contribution in [0.4, 0.5) is 17.1 Å². The molecular weight excluding hydrogens is 414 g/mol. The smallest absolute Gasteiger partial charge is 0.243 e. The van der Waals surface area contributed by atoms with E-state index in [4.69, 9.17) is 4.74 Å². The normalized spacial score (nSPS) is 10.5. The van der Waals surface area contributed by atoms with Crippen LogP contribution in [0.5, 0.6) is 5.75 Å². The zero-order chi connectivity index (χ0) is 23.5. The molecule has 0 unspecified atom stereocenters. The van der Waals surface area contributed by atoms with Crippen molar-refractivity contribution in [1.82, 2.24) is 0 Å². The third-order valence-corrected chi connectivity index (χ3v) is 4.83. The van der Waals surface area contributed by atoms with Gasteiger partial charge in [0.15, 0.2) is 0 Å². The number of amides is 2. The Morgan fingerprint density at radius 2 is 1.33 bits per heavy atom. The molecule has 0 saturated carbocycles. The summed E-state index contributed by atoms with van der Waals surface area (Å²) in [4.78, 5) is 24.4. The Bertz CT molecular complexity index is 1020. The van der Waals surface area contributed by atoms with Crippen LogP contribution in [-0.2, 0) is 16.0 Å². The highest BCUT2D eigenvalue weighted by Gasteiger charge is 2.06. The lowest BCUT2D eigenvalue weighted by Crippen LogP contribution is -2.21. The second kappa shape index (κ2) is 12.3. The number of nitrogens with one attached hydrogen (secondary N) is 3. The number of carbonyl (C=O) groups is 2. The van der Waals surface area contributed by atoms with Crippen LogP contribution in [0.25, 0.3) is 0 Å². The van der Waals surface area contributed by atoms with Gasteiger partial charge in [0.2, 0.25) is 11.8 Å². The third kappa shape index (κ3) is 8.69. The molecule has 2 amide bonds. The molecule has 6 nitrogen and oxygen atoms in total. The lowest BCUT2D eigenvalue weighted by molar-refractivity contribution is -0.116. The highest BCUT2D eigenvalue weighted by molar-refractivity contribution is 5.94. The summed E-state index contributed by atoms with van der Waals surface area (Å²) in [6, 6.07) is 24.6. The fraction of sp³-hybridized carbons (Fsp3) is 0.259. The van der Waals surface area contributed by atoms with E-state index < -0.39 is 0 Å². The third-order valence-electron chi connectivity index (χ3n) is 4.83. The van der Waals surface area contributed by atoms with Gasteiger partial charge in [-0.1, -0.05) is 44.2 Å². The molecule has 0 aliphatic rings. The van der Waals surface area contributed by atoms with Crippen molar-refractivity contribution in [3.05, 3.63) is 84.4 Å². The molecule has 0 aliphatic carbocycles. The number of hydrogen-bond donors (Lipinski definition) is 3. The van der Waals surface area contributed by atoms with E-state index in [0.29, 0.717) is 36.7 Å². The van der Waals surface area contributed by atoms with Gasteiger partial charge in [-0.2, -0.15) is 0 Å². The lowest BCUT2D eigenvalue weighted by Gasteiger charge is -2.11. The Hall–Kier alpha value is -3.80. The van der Waals surface area contributed by atoms with Gasteiger partial charge in [0.1, 0.15) is 5.75 Å². The lowest BCUT2D eigenvalue weighted by atomic mass is 10.1. The second-order valence-electron chi connectivity index (χ2n) is 8.24. The molecule has 0 radical (unpaired) electrons. The summed E-state index contributed by atoms with van der Waals surface area (Å²) < 4.78 is 5.66. The van der Waals surface area contributed by atoms with Gasteiger partial charge < -0.3 is 20.7 Å². The quantitative estimate of drug-likeness (QED) is 0.372. The Kier molecular flexibility index (Phi) is 8.88. The van der Waals surface area contributed by atoms with Gasteiger partial charge >= 0.3 is 0 Å². The molecule has 0 fully saturated rings. The standard InChI is InChI=1S/C27H31N3O3/c1-20(2)19-33-25-15-13-22(14-16-25)28-18-27(32)30-24-11-9-23(10-12-24)29-26(31)17-8-21-6-4-3-5-7-21/h3-7,9-16,20,28H,8,17-19H2,1-2H3,(H,29,31)(H,30,32). The Balaban J connectivity index is 1.39. The predicted molar refractivity (Wildman–Crippen MR) is 134 cm³/mol. The first-order valence-electron chi connectivity index (χ1n) is 11.2. The van der Waals surface area contributed by atoms with Gasteiger partial charge in [-0.05, 0) is 66.4 Å². The van der Waals surface area contributed by atoms with Crippen LogP contribution in [0.2, 0.25) is 0 Å². The van der Waals surface area contributed by atoms with E-state index in [2.05, 4.69) is 29.8 Å². The zero-order valence-electron chi connectivity index (χ0n) is 19.1. The number of aryl methyl sites for hydroxylation is 1. The van der Waals surface area contributed by atoms with Crippen molar-refractivity contribution >= 4 is 28.9 Å². The molecule has 0 spiro atoms. The summed E-state index contributed by atoms with van der Waals surface area (Å²) >= 11 is 0. The number of hydrogen-bond acceptors (Lipinski definition) is 4. The largest absolute Gasteiger partial charge is 0.493 e. The van der Waals surface area contributed by atoms with Crippen LogP contribution in [0.15, 0.2) is 78.9 Å². The molecule has 0 bridgehead atoms. The fourth-order valence-electron chi connectivity index (χ4n) is 3.08. The van der Waals surface area contributed by atoms with E-state index >= 15 is 0 Å². The SMILES string of the molecule is CC(C)COc1ccc(NCC(=O)Nc2ccc(NC(=O)CCc3ccccc3)cc2)cc1. The van der Waals surface area contributed by atoms with Crippen LogP contribution in [-0.4, -0.2) is 25.0 Å². The van der Waals surface area contributed by atoms with Crippen molar-refractivity contribution < 1.29 is 14.3 Å². The highest BCUT2D eigenvalue weighted by Crippen LogP contribution is 2.17. The number of ether oxygens (including phenoxy) is 1. The Labute approximate surface area is 195 Å². The van der Waals surface area contributed by atoms with Crippen molar-refractivity contribution in [1.29, 1.82) is 0 Å². The molecule has 3 aromatic carbocycles. The van der Waals surface area contributed by atoms with Crippen LogP contribution in [0, 0.1) is 5.92 Å². The average Bonchev–Trinajstić information content (AvgIpc) is 2.82. The summed E-state index contributed by atoms with van der Waals surface area (Å²) in [7, 11) is 0. The van der Waals surface area contributed by atoms with E-state index in [9.17, 15) is 9.59 Å². The van der Waals surface area contributed by atoms with Gasteiger partial charge in [0.25, 0.3) is 0 Å². The molecule has 3 N–H and O–H groups in total. The maximum Gasteiger partial charge on any atom is 0.243 e. The minimum Gasteiger partial charge on any atom is -0.493 e.